The third-order valence-corrected chi connectivity index (χ3v) is 4.07. The van der Waals surface area contributed by atoms with Crippen molar-refractivity contribution in [1.29, 1.82) is 0 Å². The van der Waals surface area contributed by atoms with Gasteiger partial charge in [-0.15, -0.1) is 0 Å². The van der Waals surface area contributed by atoms with E-state index in [2.05, 4.69) is 10.4 Å². The van der Waals surface area contributed by atoms with Crippen molar-refractivity contribution in [1.82, 2.24) is 9.78 Å². The van der Waals surface area contributed by atoms with Crippen LogP contribution < -0.4 is 10.7 Å². The van der Waals surface area contributed by atoms with E-state index in [-0.39, 0.29) is 11.1 Å². The molecule has 0 aliphatic heterocycles. The molecule has 0 saturated heterocycles. The predicted molar refractivity (Wildman–Crippen MR) is 95.5 cm³/mol. The van der Waals surface area contributed by atoms with Gasteiger partial charge >= 0.3 is 0 Å². The highest BCUT2D eigenvalue weighted by atomic mass is 16.2. The molecular weight excluding hydrogens is 302 g/mol. The Labute approximate surface area is 139 Å². The fourth-order valence-electron chi connectivity index (χ4n) is 2.77. The zero-order chi connectivity index (χ0) is 17.3. The lowest BCUT2D eigenvalue weighted by Crippen LogP contribution is -2.26. The van der Waals surface area contributed by atoms with E-state index in [0.29, 0.717) is 16.6 Å². The molecule has 0 unspecified atom stereocenters. The van der Waals surface area contributed by atoms with Gasteiger partial charge in [0.1, 0.15) is 0 Å². The number of nitrogens with one attached hydrogen (secondary N) is 1. The fraction of sp³-hybridized carbons (Fsp3) is 0.211. The average molecular weight is 321 g/mol. The molecule has 0 aliphatic carbocycles. The van der Waals surface area contributed by atoms with Crippen LogP contribution in [0.4, 0.5) is 5.69 Å². The van der Waals surface area contributed by atoms with Crippen molar-refractivity contribution in [3.05, 3.63) is 69.5 Å². The summed E-state index contributed by atoms with van der Waals surface area (Å²) in [4.78, 5) is 25.3. The van der Waals surface area contributed by atoms with Gasteiger partial charge in [0.05, 0.1) is 10.9 Å². The molecule has 5 nitrogen and oxygen atoms in total. The minimum atomic E-state index is -0.486. The number of para-hydroxylation sites is 1. The van der Waals surface area contributed by atoms with E-state index in [0.717, 1.165) is 17.5 Å². The molecule has 0 saturated carbocycles. The molecule has 3 aromatic rings. The highest BCUT2D eigenvalue weighted by Gasteiger charge is 2.17. The Morgan fingerprint density at radius 2 is 1.96 bits per heavy atom. The molecule has 2 aromatic carbocycles. The summed E-state index contributed by atoms with van der Waals surface area (Å²) in [6.07, 6.45) is 0.790. The number of carbonyl (C=O) groups excluding carboxylic acids is 1. The van der Waals surface area contributed by atoms with E-state index >= 15 is 0 Å². The largest absolute Gasteiger partial charge is 0.320 e. The van der Waals surface area contributed by atoms with E-state index in [1.54, 1.807) is 17.8 Å². The van der Waals surface area contributed by atoms with E-state index < -0.39 is 5.91 Å². The lowest BCUT2D eigenvalue weighted by atomic mass is 10.1. The van der Waals surface area contributed by atoms with Gasteiger partial charge in [0, 0.05) is 12.7 Å². The zero-order valence-electron chi connectivity index (χ0n) is 14.0. The van der Waals surface area contributed by atoms with Crippen LogP contribution in [0.25, 0.3) is 10.9 Å². The molecular formula is C19H19N3O2. The molecule has 0 bridgehead atoms. The SMILES string of the molecule is CCc1ccccc1NC(=O)c1nn(C)c2ccc(C)cc2c1=O. The molecule has 0 radical (unpaired) electrons. The van der Waals surface area contributed by atoms with Crippen molar-refractivity contribution in [3.8, 4) is 0 Å². The number of aromatic nitrogens is 2. The van der Waals surface area contributed by atoms with E-state index in [4.69, 9.17) is 0 Å². The molecule has 1 heterocycles. The Morgan fingerprint density at radius 1 is 1.21 bits per heavy atom. The maximum atomic E-state index is 12.7. The number of rotatable bonds is 3. The number of amides is 1. The van der Waals surface area contributed by atoms with Crippen LogP contribution in [0.5, 0.6) is 0 Å². The average Bonchev–Trinajstić information content (AvgIpc) is 2.58. The number of nitrogens with zero attached hydrogens (tertiary/aromatic N) is 2. The molecule has 5 heteroatoms. The van der Waals surface area contributed by atoms with Crippen LogP contribution in [-0.4, -0.2) is 15.7 Å². The second-order valence-electron chi connectivity index (χ2n) is 5.79. The summed E-state index contributed by atoms with van der Waals surface area (Å²) in [5.41, 5.74) is 2.95. The molecule has 1 aromatic heterocycles. The second-order valence-corrected chi connectivity index (χ2v) is 5.79. The van der Waals surface area contributed by atoms with Crippen molar-refractivity contribution < 1.29 is 4.79 Å². The lowest BCUT2D eigenvalue weighted by molar-refractivity contribution is 0.101. The van der Waals surface area contributed by atoms with Gasteiger partial charge in [-0.05, 0) is 37.1 Å². The molecule has 24 heavy (non-hydrogen) atoms. The van der Waals surface area contributed by atoms with Crippen LogP contribution >= 0.6 is 0 Å². The van der Waals surface area contributed by atoms with Crippen LogP contribution in [0.3, 0.4) is 0 Å². The van der Waals surface area contributed by atoms with Gasteiger partial charge in [0.25, 0.3) is 5.91 Å². The number of anilines is 1. The highest BCUT2D eigenvalue weighted by Crippen LogP contribution is 2.16. The minimum absolute atomic E-state index is 0.0958. The van der Waals surface area contributed by atoms with Crippen LogP contribution in [0.1, 0.15) is 28.5 Å². The smallest absolute Gasteiger partial charge is 0.280 e. The van der Waals surface area contributed by atoms with Gasteiger partial charge in [0.2, 0.25) is 5.43 Å². The first-order valence-electron chi connectivity index (χ1n) is 7.88. The first-order valence-corrected chi connectivity index (χ1v) is 7.88. The maximum absolute atomic E-state index is 12.7. The topological polar surface area (TPSA) is 64.0 Å². The summed E-state index contributed by atoms with van der Waals surface area (Å²) in [5.74, 6) is -0.486. The van der Waals surface area contributed by atoms with Gasteiger partial charge in [-0.25, -0.2) is 0 Å². The molecule has 0 atom stereocenters. The summed E-state index contributed by atoms with van der Waals surface area (Å²) in [7, 11) is 1.73. The van der Waals surface area contributed by atoms with E-state index in [9.17, 15) is 9.59 Å². The van der Waals surface area contributed by atoms with Gasteiger partial charge in [-0.2, -0.15) is 5.10 Å². The minimum Gasteiger partial charge on any atom is -0.320 e. The zero-order valence-corrected chi connectivity index (χ0v) is 14.0. The number of hydrogen-bond donors (Lipinski definition) is 1. The van der Waals surface area contributed by atoms with Crippen molar-refractivity contribution in [2.24, 2.45) is 7.05 Å². The number of fused-ring (bicyclic) bond motifs is 1. The van der Waals surface area contributed by atoms with Crippen LogP contribution in [0, 0.1) is 6.92 Å². The molecule has 1 N–H and O–H groups in total. The van der Waals surface area contributed by atoms with Crippen LogP contribution in [-0.2, 0) is 13.5 Å². The van der Waals surface area contributed by atoms with Crippen molar-refractivity contribution in [2.75, 3.05) is 5.32 Å². The first kappa shape index (κ1) is 15.9. The third-order valence-electron chi connectivity index (χ3n) is 4.07. The van der Waals surface area contributed by atoms with E-state index in [1.165, 1.54) is 0 Å². The van der Waals surface area contributed by atoms with Crippen molar-refractivity contribution in [3.63, 3.8) is 0 Å². The van der Waals surface area contributed by atoms with Gasteiger partial charge in [-0.1, -0.05) is 36.8 Å². The summed E-state index contributed by atoms with van der Waals surface area (Å²) < 4.78 is 1.57. The molecule has 1 amide bonds. The fourth-order valence-corrected chi connectivity index (χ4v) is 2.77. The highest BCUT2D eigenvalue weighted by molar-refractivity contribution is 6.04. The number of benzene rings is 2. The normalized spacial score (nSPS) is 10.8. The third kappa shape index (κ3) is 2.80. The Kier molecular flexibility index (Phi) is 4.16. The molecule has 0 spiro atoms. The summed E-state index contributed by atoms with van der Waals surface area (Å²) in [6, 6.07) is 13.1. The molecule has 0 fully saturated rings. The summed E-state index contributed by atoms with van der Waals surface area (Å²) in [6.45, 7) is 3.93. The number of aryl methyl sites for hydroxylation is 3. The van der Waals surface area contributed by atoms with Crippen LogP contribution in [0.15, 0.2) is 47.3 Å². The molecule has 3 rings (SSSR count). The van der Waals surface area contributed by atoms with Gasteiger partial charge < -0.3 is 5.32 Å². The van der Waals surface area contributed by atoms with Gasteiger partial charge in [0.15, 0.2) is 5.69 Å². The summed E-state index contributed by atoms with van der Waals surface area (Å²) >= 11 is 0. The second kappa shape index (κ2) is 6.28. The Bertz CT molecular complexity index is 990. The quantitative estimate of drug-likeness (QED) is 0.806. The monoisotopic (exact) mass is 321 g/mol. The Balaban J connectivity index is 2.07. The Morgan fingerprint density at radius 3 is 2.71 bits per heavy atom. The van der Waals surface area contributed by atoms with Gasteiger partial charge in [-0.3, -0.25) is 14.3 Å². The predicted octanol–water partition coefficient (Wildman–Crippen LogP) is 3.06. The maximum Gasteiger partial charge on any atom is 0.280 e. The Hall–Kier alpha value is -2.95. The lowest BCUT2D eigenvalue weighted by Gasteiger charge is -2.11. The first-order chi connectivity index (χ1) is 11.5. The van der Waals surface area contributed by atoms with Crippen molar-refractivity contribution >= 4 is 22.5 Å². The van der Waals surface area contributed by atoms with E-state index in [1.807, 2.05) is 50.2 Å². The van der Waals surface area contributed by atoms with Crippen LogP contribution in [0.2, 0.25) is 0 Å². The molecule has 0 aliphatic rings. The number of carbonyl (C=O) groups is 1. The standard InChI is InChI=1S/C19H19N3O2/c1-4-13-7-5-6-8-15(13)20-19(24)17-18(23)14-11-12(2)9-10-16(14)22(3)21-17/h5-11H,4H2,1-3H3,(H,20,24). The molecule has 122 valence electrons. The van der Waals surface area contributed by atoms with Crippen molar-refractivity contribution in [2.45, 2.75) is 20.3 Å². The number of hydrogen-bond acceptors (Lipinski definition) is 3. The summed E-state index contributed by atoms with van der Waals surface area (Å²) in [5, 5.41) is 7.49.